The molecule has 1 atom stereocenters. The third-order valence-electron chi connectivity index (χ3n) is 2.57. The van der Waals surface area contributed by atoms with Crippen molar-refractivity contribution in [3.05, 3.63) is 63.9 Å². The molecule has 17 heavy (non-hydrogen) atoms. The lowest BCUT2D eigenvalue weighted by atomic mass is 10.0. The van der Waals surface area contributed by atoms with Crippen LogP contribution in [0.4, 0.5) is 0 Å². The zero-order valence-electron chi connectivity index (χ0n) is 9.11. The van der Waals surface area contributed by atoms with Crippen LogP contribution in [0, 0.1) is 0 Å². The Labute approximate surface area is 110 Å². The fourth-order valence-electron chi connectivity index (χ4n) is 1.68. The minimum atomic E-state index is -0.137. The number of benzene rings is 1. The van der Waals surface area contributed by atoms with Gasteiger partial charge in [-0.25, -0.2) is 0 Å². The van der Waals surface area contributed by atoms with Gasteiger partial charge in [0.15, 0.2) is 0 Å². The van der Waals surface area contributed by atoms with Gasteiger partial charge in [0, 0.05) is 28.5 Å². The summed E-state index contributed by atoms with van der Waals surface area (Å²) in [6.45, 7) is 0. The summed E-state index contributed by atoms with van der Waals surface area (Å²) < 4.78 is 0. The second kappa shape index (κ2) is 5.50. The monoisotopic (exact) mass is 266 g/mol. The molecule has 0 aliphatic carbocycles. The molecule has 2 N–H and O–H groups in total. The number of nitrogens with two attached hydrogens (primary N) is 1. The van der Waals surface area contributed by atoms with E-state index in [-0.39, 0.29) is 6.04 Å². The van der Waals surface area contributed by atoms with Gasteiger partial charge in [-0.05, 0) is 41.8 Å². The molecule has 2 rings (SSSR count). The van der Waals surface area contributed by atoms with Crippen LogP contribution < -0.4 is 5.73 Å². The Balaban J connectivity index is 2.17. The number of pyridine rings is 1. The summed E-state index contributed by atoms with van der Waals surface area (Å²) in [5.74, 6) is 0. The molecule has 0 aliphatic heterocycles. The molecule has 0 radical (unpaired) electrons. The van der Waals surface area contributed by atoms with Crippen LogP contribution in [0.1, 0.15) is 17.2 Å². The van der Waals surface area contributed by atoms with Gasteiger partial charge in [0.1, 0.15) is 0 Å². The molecule has 2 nitrogen and oxygen atoms in total. The Morgan fingerprint density at radius 1 is 1.12 bits per heavy atom. The largest absolute Gasteiger partial charge is 0.324 e. The topological polar surface area (TPSA) is 38.9 Å². The van der Waals surface area contributed by atoms with Crippen LogP contribution in [0.3, 0.4) is 0 Å². The summed E-state index contributed by atoms with van der Waals surface area (Å²) in [5, 5.41) is 1.23. The van der Waals surface area contributed by atoms with Crippen LogP contribution in [0.25, 0.3) is 0 Å². The van der Waals surface area contributed by atoms with Crippen LogP contribution in [-0.4, -0.2) is 4.98 Å². The highest BCUT2D eigenvalue weighted by Crippen LogP contribution is 2.26. The van der Waals surface area contributed by atoms with E-state index >= 15 is 0 Å². The smallest absolute Gasteiger partial charge is 0.0468 e. The zero-order chi connectivity index (χ0) is 12.3. The standard InChI is InChI=1S/C13H12Cl2N2/c14-10-1-2-11(12(15)8-10)13(16)7-9-3-5-17-6-4-9/h1-6,8,13H,7,16H2. The van der Waals surface area contributed by atoms with Crippen LogP contribution in [-0.2, 0) is 6.42 Å². The molecular weight excluding hydrogens is 255 g/mol. The van der Waals surface area contributed by atoms with E-state index < -0.39 is 0 Å². The fourth-order valence-corrected chi connectivity index (χ4v) is 2.23. The molecule has 2 aromatic rings. The lowest BCUT2D eigenvalue weighted by molar-refractivity contribution is 0.721. The van der Waals surface area contributed by atoms with E-state index in [0.717, 1.165) is 17.5 Å². The number of hydrogen-bond acceptors (Lipinski definition) is 2. The molecule has 0 fully saturated rings. The lowest BCUT2D eigenvalue weighted by Crippen LogP contribution is -2.13. The molecule has 4 heteroatoms. The van der Waals surface area contributed by atoms with Crippen molar-refractivity contribution in [1.82, 2.24) is 4.98 Å². The average Bonchev–Trinajstić information content (AvgIpc) is 2.30. The average molecular weight is 267 g/mol. The highest BCUT2D eigenvalue weighted by molar-refractivity contribution is 6.35. The molecule has 0 aliphatic rings. The van der Waals surface area contributed by atoms with Gasteiger partial charge in [0.2, 0.25) is 0 Å². The Kier molecular flexibility index (Phi) is 4.00. The fraction of sp³-hybridized carbons (Fsp3) is 0.154. The predicted octanol–water partition coefficient (Wildman–Crippen LogP) is 3.63. The summed E-state index contributed by atoms with van der Waals surface area (Å²) >= 11 is 12.0. The summed E-state index contributed by atoms with van der Waals surface area (Å²) in [6, 6.07) is 9.14. The molecule has 1 heterocycles. The first-order valence-electron chi connectivity index (χ1n) is 5.26. The number of hydrogen-bond donors (Lipinski definition) is 1. The van der Waals surface area contributed by atoms with Gasteiger partial charge in [-0.3, -0.25) is 4.98 Å². The molecule has 0 spiro atoms. The van der Waals surface area contributed by atoms with Crippen LogP contribution in [0.15, 0.2) is 42.7 Å². The number of rotatable bonds is 3. The molecular formula is C13H12Cl2N2. The first kappa shape index (κ1) is 12.4. The van der Waals surface area contributed by atoms with Gasteiger partial charge in [0.05, 0.1) is 0 Å². The minimum Gasteiger partial charge on any atom is -0.324 e. The summed E-state index contributed by atoms with van der Waals surface area (Å²) in [7, 11) is 0. The molecule has 88 valence electrons. The Morgan fingerprint density at radius 2 is 1.82 bits per heavy atom. The van der Waals surface area contributed by atoms with Crippen LogP contribution in [0.2, 0.25) is 10.0 Å². The van der Waals surface area contributed by atoms with E-state index in [4.69, 9.17) is 28.9 Å². The molecule has 1 unspecified atom stereocenters. The van der Waals surface area contributed by atoms with Crippen molar-refractivity contribution in [2.75, 3.05) is 0 Å². The van der Waals surface area contributed by atoms with E-state index in [1.807, 2.05) is 18.2 Å². The van der Waals surface area contributed by atoms with E-state index in [0.29, 0.717) is 10.0 Å². The van der Waals surface area contributed by atoms with Crippen molar-refractivity contribution < 1.29 is 0 Å². The second-order valence-corrected chi connectivity index (χ2v) is 4.68. The highest BCUT2D eigenvalue weighted by Gasteiger charge is 2.11. The van der Waals surface area contributed by atoms with Gasteiger partial charge < -0.3 is 5.73 Å². The van der Waals surface area contributed by atoms with E-state index in [2.05, 4.69) is 4.98 Å². The van der Waals surface area contributed by atoms with Gasteiger partial charge in [-0.2, -0.15) is 0 Å². The van der Waals surface area contributed by atoms with E-state index in [1.165, 1.54) is 0 Å². The Morgan fingerprint density at radius 3 is 2.47 bits per heavy atom. The third-order valence-corrected chi connectivity index (χ3v) is 3.13. The summed E-state index contributed by atoms with van der Waals surface area (Å²) in [6.07, 6.45) is 4.24. The predicted molar refractivity (Wildman–Crippen MR) is 71.3 cm³/mol. The van der Waals surface area contributed by atoms with Gasteiger partial charge in [-0.15, -0.1) is 0 Å². The maximum Gasteiger partial charge on any atom is 0.0468 e. The maximum absolute atomic E-state index is 6.13. The lowest BCUT2D eigenvalue weighted by Gasteiger charge is -2.13. The third kappa shape index (κ3) is 3.19. The minimum absolute atomic E-state index is 0.137. The number of halogens is 2. The van der Waals surface area contributed by atoms with Gasteiger partial charge >= 0.3 is 0 Å². The van der Waals surface area contributed by atoms with Crippen LogP contribution >= 0.6 is 23.2 Å². The highest BCUT2D eigenvalue weighted by atomic mass is 35.5. The molecule has 0 saturated carbocycles. The first-order valence-corrected chi connectivity index (χ1v) is 6.02. The quantitative estimate of drug-likeness (QED) is 0.922. The summed E-state index contributed by atoms with van der Waals surface area (Å²) in [5.41, 5.74) is 8.18. The maximum atomic E-state index is 6.13. The second-order valence-electron chi connectivity index (χ2n) is 3.83. The van der Waals surface area contributed by atoms with E-state index in [9.17, 15) is 0 Å². The van der Waals surface area contributed by atoms with Crippen molar-refractivity contribution >= 4 is 23.2 Å². The van der Waals surface area contributed by atoms with Crippen molar-refractivity contribution in [2.24, 2.45) is 5.73 Å². The Bertz CT molecular complexity index is 500. The molecule has 0 amide bonds. The number of nitrogens with zero attached hydrogens (tertiary/aromatic N) is 1. The normalized spacial score (nSPS) is 12.4. The van der Waals surface area contributed by atoms with Crippen molar-refractivity contribution in [3.8, 4) is 0 Å². The van der Waals surface area contributed by atoms with Gasteiger partial charge in [-0.1, -0.05) is 29.3 Å². The van der Waals surface area contributed by atoms with Crippen molar-refractivity contribution in [3.63, 3.8) is 0 Å². The van der Waals surface area contributed by atoms with Crippen molar-refractivity contribution in [1.29, 1.82) is 0 Å². The zero-order valence-corrected chi connectivity index (χ0v) is 10.6. The van der Waals surface area contributed by atoms with E-state index in [1.54, 1.807) is 24.5 Å². The molecule has 1 aromatic carbocycles. The SMILES string of the molecule is NC(Cc1ccncc1)c1ccc(Cl)cc1Cl. The van der Waals surface area contributed by atoms with Crippen molar-refractivity contribution in [2.45, 2.75) is 12.5 Å². The first-order chi connectivity index (χ1) is 8.16. The number of aromatic nitrogens is 1. The Hall–Kier alpha value is -1.09. The van der Waals surface area contributed by atoms with Crippen LogP contribution in [0.5, 0.6) is 0 Å². The molecule has 0 bridgehead atoms. The molecule has 0 saturated heterocycles. The summed E-state index contributed by atoms with van der Waals surface area (Å²) in [4.78, 5) is 3.97. The van der Waals surface area contributed by atoms with Gasteiger partial charge in [0.25, 0.3) is 0 Å². The molecule has 1 aromatic heterocycles.